The van der Waals surface area contributed by atoms with Gasteiger partial charge in [0, 0.05) is 17.9 Å². The topological polar surface area (TPSA) is 71.8 Å². The van der Waals surface area contributed by atoms with E-state index in [4.69, 9.17) is 0 Å². The Labute approximate surface area is 123 Å². The van der Waals surface area contributed by atoms with Crippen LogP contribution in [-0.2, 0) is 5.75 Å². The van der Waals surface area contributed by atoms with Crippen molar-refractivity contribution in [3.05, 3.63) is 64.0 Å². The Bertz CT molecular complexity index is 819. The normalized spacial score (nSPS) is 10.9. The van der Waals surface area contributed by atoms with Crippen LogP contribution in [0.4, 0.5) is 10.1 Å². The molecule has 0 radical (unpaired) electrons. The van der Waals surface area contributed by atoms with Gasteiger partial charge in [0.15, 0.2) is 5.16 Å². The first-order chi connectivity index (χ1) is 10.1. The predicted molar refractivity (Wildman–Crippen MR) is 78.7 cm³/mol. The van der Waals surface area contributed by atoms with Crippen molar-refractivity contribution in [1.82, 2.24) is 9.97 Å². The minimum Gasteiger partial charge on any atom is -0.333 e. The van der Waals surface area contributed by atoms with Gasteiger partial charge in [-0.1, -0.05) is 23.9 Å². The number of benzene rings is 2. The number of rotatable bonds is 4. The minimum absolute atomic E-state index is 0.0211. The molecule has 1 N–H and O–H groups in total. The number of hydrogen-bond acceptors (Lipinski definition) is 4. The van der Waals surface area contributed by atoms with E-state index in [9.17, 15) is 14.5 Å². The van der Waals surface area contributed by atoms with Gasteiger partial charge in [-0.05, 0) is 23.8 Å². The molecule has 0 bridgehead atoms. The summed E-state index contributed by atoms with van der Waals surface area (Å²) >= 11 is 1.42. The largest absolute Gasteiger partial charge is 0.333 e. The predicted octanol–water partition coefficient (Wildman–Crippen LogP) is 3.90. The molecule has 5 nitrogen and oxygen atoms in total. The fourth-order valence-corrected chi connectivity index (χ4v) is 2.76. The van der Waals surface area contributed by atoms with Crippen LogP contribution in [0.2, 0.25) is 0 Å². The first-order valence-corrected chi connectivity index (χ1v) is 7.12. The number of nitro benzene ring substituents is 1. The maximum absolute atomic E-state index is 13.1. The monoisotopic (exact) mass is 303 g/mol. The molecule has 0 fully saturated rings. The molecule has 0 atom stereocenters. The van der Waals surface area contributed by atoms with Gasteiger partial charge in [0.25, 0.3) is 5.69 Å². The van der Waals surface area contributed by atoms with E-state index < -0.39 is 4.92 Å². The summed E-state index contributed by atoms with van der Waals surface area (Å²) in [6.07, 6.45) is 0. The van der Waals surface area contributed by atoms with Crippen molar-refractivity contribution >= 4 is 28.5 Å². The number of nitrogens with zero attached hydrogens (tertiary/aromatic N) is 2. The van der Waals surface area contributed by atoms with Crippen molar-refractivity contribution in [2.24, 2.45) is 0 Å². The van der Waals surface area contributed by atoms with E-state index in [1.807, 2.05) is 6.07 Å². The van der Waals surface area contributed by atoms with E-state index >= 15 is 0 Å². The first kappa shape index (κ1) is 13.6. The Balaban J connectivity index is 1.80. The lowest BCUT2D eigenvalue weighted by molar-refractivity contribution is -0.384. The van der Waals surface area contributed by atoms with E-state index in [1.54, 1.807) is 12.1 Å². The Morgan fingerprint density at radius 2 is 2.14 bits per heavy atom. The average molecular weight is 303 g/mol. The van der Waals surface area contributed by atoms with Gasteiger partial charge in [-0.3, -0.25) is 10.1 Å². The SMILES string of the molecule is O=[N+]([O-])c1ccc2nc(SCc3cccc(F)c3)[nH]c2c1. The number of aromatic amines is 1. The van der Waals surface area contributed by atoms with Crippen LogP contribution in [0, 0.1) is 15.9 Å². The molecule has 1 heterocycles. The first-order valence-electron chi connectivity index (χ1n) is 6.13. The summed E-state index contributed by atoms with van der Waals surface area (Å²) in [5, 5.41) is 11.4. The molecule has 2 aromatic carbocycles. The second-order valence-electron chi connectivity index (χ2n) is 4.42. The van der Waals surface area contributed by atoms with Gasteiger partial charge in [0.2, 0.25) is 0 Å². The second-order valence-corrected chi connectivity index (χ2v) is 5.38. The molecule has 106 valence electrons. The highest BCUT2D eigenvalue weighted by Gasteiger charge is 2.10. The quantitative estimate of drug-likeness (QED) is 0.451. The third-order valence-electron chi connectivity index (χ3n) is 2.92. The molecule has 21 heavy (non-hydrogen) atoms. The highest BCUT2D eigenvalue weighted by molar-refractivity contribution is 7.98. The van der Waals surface area contributed by atoms with Gasteiger partial charge in [-0.25, -0.2) is 9.37 Å². The zero-order valence-electron chi connectivity index (χ0n) is 10.7. The van der Waals surface area contributed by atoms with Crippen molar-refractivity contribution < 1.29 is 9.31 Å². The van der Waals surface area contributed by atoms with Gasteiger partial charge in [-0.2, -0.15) is 0 Å². The summed E-state index contributed by atoms with van der Waals surface area (Å²) in [6, 6.07) is 10.8. The maximum atomic E-state index is 13.1. The molecule has 0 aliphatic carbocycles. The highest BCUT2D eigenvalue weighted by Crippen LogP contribution is 2.25. The Morgan fingerprint density at radius 3 is 2.90 bits per heavy atom. The fourth-order valence-electron chi connectivity index (χ4n) is 1.93. The van der Waals surface area contributed by atoms with Gasteiger partial charge >= 0.3 is 0 Å². The molecule has 0 unspecified atom stereocenters. The number of imidazole rings is 1. The lowest BCUT2D eigenvalue weighted by atomic mass is 10.2. The average Bonchev–Trinajstić information content (AvgIpc) is 2.87. The summed E-state index contributed by atoms with van der Waals surface area (Å²) in [5.41, 5.74) is 2.16. The smallest absolute Gasteiger partial charge is 0.271 e. The van der Waals surface area contributed by atoms with Crippen LogP contribution in [0.3, 0.4) is 0 Å². The van der Waals surface area contributed by atoms with Crippen molar-refractivity contribution in [2.75, 3.05) is 0 Å². The summed E-state index contributed by atoms with van der Waals surface area (Å²) in [7, 11) is 0. The molecular formula is C14H10FN3O2S. The lowest BCUT2D eigenvalue weighted by Gasteiger charge is -1.98. The van der Waals surface area contributed by atoms with Gasteiger partial charge in [0.05, 0.1) is 16.0 Å². The molecule has 0 amide bonds. The molecule has 1 aromatic heterocycles. The number of fused-ring (bicyclic) bond motifs is 1. The van der Waals surface area contributed by atoms with E-state index in [-0.39, 0.29) is 11.5 Å². The Kier molecular flexibility index (Phi) is 3.57. The van der Waals surface area contributed by atoms with Crippen LogP contribution in [-0.4, -0.2) is 14.9 Å². The molecular weight excluding hydrogens is 293 g/mol. The summed E-state index contributed by atoms with van der Waals surface area (Å²) in [4.78, 5) is 17.7. The number of aromatic nitrogens is 2. The van der Waals surface area contributed by atoms with E-state index in [0.717, 1.165) is 5.56 Å². The third-order valence-corrected chi connectivity index (χ3v) is 3.86. The number of nitro groups is 1. The van der Waals surface area contributed by atoms with Crippen LogP contribution in [0.15, 0.2) is 47.6 Å². The summed E-state index contributed by atoms with van der Waals surface area (Å²) in [6.45, 7) is 0. The zero-order chi connectivity index (χ0) is 14.8. The van der Waals surface area contributed by atoms with E-state index in [1.165, 1.54) is 36.0 Å². The Hall–Kier alpha value is -2.41. The fraction of sp³-hybridized carbons (Fsp3) is 0.0714. The van der Waals surface area contributed by atoms with Crippen molar-refractivity contribution in [2.45, 2.75) is 10.9 Å². The van der Waals surface area contributed by atoms with Gasteiger partial charge in [-0.15, -0.1) is 0 Å². The Morgan fingerprint density at radius 1 is 1.29 bits per heavy atom. The minimum atomic E-state index is -0.445. The molecule has 0 saturated heterocycles. The van der Waals surface area contributed by atoms with Crippen molar-refractivity contribution in [3.8, 4) is 0 Å². The lowest BCUT2D eigenvalue weighted by Crippen LogP contribution is -1.86. The number of non-ortho nitro benzene ring substituents is 1. The zero-order valence-corrected chi connectivity index (χ0v) is 11.6. The molecule has 0 spiro atoms. The van der Waals surface area contributed by atoms with Gasteiger partial charge in [0.1, 0.15) is 5.82 Å². The van der Waals surface area contributed by atoms with Crippen LogP contribution in [0.25, 0.3) is 11.0 Å². The molecule has 0 aliphatic rings. The van der Waals surface area contributed by atoms with Crippen LogP contribution in [0.5, 0.6) is 0 Å². The number of H-pyrrole nitrogens is 1. The molecule has 7 heteroatoms. The van der Waals surface area contributed by atoms with Crippen LogP contribution < -0.4 is 0 Å². The molecule has 3 rings (SSSR count). The standard InChI is InChI=1S/C14H10FN3O2S/c15-10-3-1-2-9(6-10)8-21-14-16-12-5-4-11(18(19)20)7-13(12)17-14/h1-7H,8H2,(H,16,17). The second kappa shape index (κ2) is 5.53. The van der Waals surface area contributed by atoms with E-state index in [2.05, 4.69) is 9.97 Å². The number of hydrogen-bond donors (Lipinski definition) is 1. The molecule has 3 aromatic rings. The van der Waals surface area contributed by atoms with Gasteiger partial charge < -0.3 is 4.98 Å². The summed E-state index contributed by atoms with van der Waals surface area (Å²) in [5.74, 6) is 0.299. The van der Waals surface area contributed by atoms with Crippen molar-refractivity contribution in [1.29, 1.82) is 0 Å². The molecule has 0 saturated carbocycles. The number of halogens is 1. The van der Waals surface area contributed by atoms with Crippen molar-refractivity contribution in [3.63, 3.8) is 0 Å². The number of nitrogens with one attached hydrogen (secondary N) is 1. The van der Waals surface area contributed by atoms with Crippen LogP contribution in [0.1, 0.15) is 5.56 Å². The third kappa shape index (κ3) is 3.03. The molecule has 0 aliphatic heterocycles. The highest BCUT2D eigenvalue weighted by atomic mass is 32.2. The number of thioether (sulfide) groups is 1. The van der Waals surface area contributed by atoms with E-state index in [0.29, 0.717) is 21.9 Å². The maximum Gasteiger partial charge on any atom is 0.271 e. The van der Waals surface area contributed by atoms with Crippen LogP contribution >= 0.6 is 11.8 Å². The summed E-state index contributed by atoms with van der Waals surface area (Å²) < 4.78 is 13.1.